The highest BCUT2D eigenvalue weighted by atomic mass is 35.5. The molecule has 7 nitrogen and oxygen atoms in total. The third-order valence-corrected chi connectivity index (χ3v) is 5.32. The first-order chi connectivity index (χ1) is 15.1. The van der Waals surface area contributed by atoms with Gasteiger partial charge in [-0.05, 0) is 55.5 Å². The molecule has 0 aliphatic rings. The average Bonchev–Trinajstić information content (AvgIpc) is 3.20. The molecule has 0 saturated carbocycles. The van der Waals surface area contributed by atoms with Gasteiger partial charge in [0.1, 0.15) is 11.3 Å². The first kappa shape index (κ1) is 19.3. The van der Waals surface area contributed by atoms with E-state index in [9.17, 15) is 4.79 Å². The van der Waals surface area contributed by atoms with Crippen molar-refractivity contribution in [2.24, 2.45) is 0 Å². The number of aromatic nitrogens is 4. The van der Waals surface area contributed by atoms with Crippen LogP contribution in [-0.4, -0.2) is 39.7 Å². The molecule has 0 amide bonds. The van der Waals surface area contributed by atoms with Crippen LogP contribution in [0.4, 0.5) is 0 Å². The van der Waals surface area contributed by atoms with Crippen LogP contribution in [0.3, 0.4) is 0 Å². The third-order valence-electron chi connectivity index (χ3n) is 5.08. The lowest BCUT2D eigenvalue weighted by atomic mass is 10.1. The number of pyridine rings is 1. The van der Waals surface area contributed by atoms with E-state index in [4.69, 9.17) is 26.1 Å². The number of methoxy groups -OCH3 is 1. The van der Waals surface area contributed by atoms with Gasteiger partial charge >= 0.3 is 5.97 Å². The highest BCUT2D eigenvalue weighted by Crippen LogP contribution is 2.34. The van der Waals surface area contributed by atoms with Crippen molar-refractivity contribution >= 4 is 50.4 Å². The summed E-state index contributed by atoms with van der Waals surface area (Å²) in [6.45, 7) is 2.07. The monoisotopic (exact) mass is 432 g/mol. The van der Waals surface area contributed by atoms with E-state index in [2.05, 4.69) is 10.3 Å². The molecule has 0 bridgehead atoms. The van der Waals surface area contributed by atoms with Crippen LogP contribution >= 0.6 is 11.6 Å². The Bertz CT molecular complexity index is 1480. The fourth-order valence-corrected chi connectivity index (χ4v) is 3.83. The lowest BCUT2D eigenvalue weighted by Crippen LogP contribution is -2.05. The molecule has 0 atom stereocenters. The number of esters is 1. The molecule has 2 aromatic heterocycles. The van der Waals surface area contributed by atoms with Crippen LogP contribution in [0.5, 0.6) is 5.75 Å². The number of fused-ring (bicyclic) bond motifs is 3. The second kappa shape index (κ2) is 7.52. The molecular formula is C23H17ClN4O3. The fraction of sp³-hybridized carbons (Fsp3) is 0.130. The molecule has 0 spiro atoms. The van der Waals surface area contributed by atoms with E-state index in [1.54, 1.807) is 43.0 Å². The van der Waals surface area contributed by atoms with E-state index >= 15 is 0 Å². The number of hydrogen-bond donors (Lipinski definition) is 0. The molecule has 0 aliphatic heterocycles. The number of carbonyl (C=O) groups is 1. The van der Waals surface area contributed by atoms with Crippen molar-refractivity contribution in [2.45, 2.75) is 6.92 Å². The van der Waals surface area contributed by atoms with Gasteiger partial charge in [-0.3, -0.25) is 0 Å². The van der Waals surface area contributed by atoms with E-state index in [1.807, 2.05) is 30.3 Å². The molecule has 2 heterocycles. The van der Waals surface area contributed by atoms with Gasteiger partial charge in [-0.1, -0.05) is 16.8 Å². The number of ether oxygens (including phenoxy) is 2. The smallest absolute Gasteiger partial charge is 0.338 e. The predicted octanol–water partition coefficient (Wildman–Crippen LogP) is 4.96. The fourth-order valence-electron chi connectivity index (χ4n) is 3.65. The number of benzene rings is 3. The summed E-state index contributed by atoms with van der Waals surface area (Å²) in [4.78, 5) is 17.1. The van der Waals surface area contributed by atoms with Crippen LogP contribution in [0.15, 0.2) is 54.6 Å². The van der Waals surface area contributed by atoms with Crippen LogP contribution < -0.4 is 4.74 Å². The lowest BCUT2D eigenvalue weighted by molar-refractivity contribution is 0.0526. The molecule has 0 saturated heterocycles. The van der Waals surface area contributed by atoms with Crippen molar-refractivity contribution in [3.05, 3.63) is 65.2 Å². The van der Waals surface area contributed by atoms with Crippen molar-refractivity contribution in [1.29, 1.82) is 0 Å². The Morgan fingerprint density at radius 2 is 1.84 bits per heavy atom. The van der Waals surface area contributed by atoms with Crippen molar-refractivity contribution in [2.75, 3.05) is 13.7 Å². The summed E-state index contributed by atoms with van der Waals surface area (Å²) in [5.74, 6) is 0.307. The minimum absolute atomic E-state index is 0.300. The number of halogens is 1. The maximum atomic E-state index is 12.3. The summed E-state index contributed by atoms with van der Waals surface area (Å²) in [6, 6.07) is 16.4. The van der Waals surface area contributed by atoms with E-state index in [0.717, 1.165) is 27.5 Å². The van der Waals surface area contributed by atoms with Gasteiger partial charge in [-0.25, -0.2) is 14.5 Å². The Kier molecular flexibility index (Phi) is 4.67. The lowest BCUT2D eigenvalue weighted by Gasteiger charge is -2.13. The number of hydrogen-bond acceptors (Lipinski definition) is 6. The quantitative estimate of drug-likeness (QED) is 0.295. The summed E-state index contributed by atoms with van der Waals surface area (Å²) >= 11 is 6.32. The van der Waals surface area contributed by atoms with Crippen molar-refractivity contribution in [3.8, 4) is 11.4 Å². The third kappa shape index (κ3) is 3.23. The molecule has 0 unspecified atom stereocenters. The van der Waals surface area contributed by atoms with Crippen molar-refractivity contribution in [1.82, 2.24) is 20.0 Å². The topological polar surface area (TPSA) is 79.1 Å². The minimum Gasteiger partial charge on any atom is -0.497 e. The Balaban J connectivity index is 1.86. The number of rotatable bonds is 4. The zero-order valence-corrected chi connectivity index (χ0v) is 17.6. The summed E-state index contributed by atoms with van der Waals surface area (Å²) in [6.07, 6.45) is 0. The van der Waals surface area contributed by atoms with Crippen molar-refractivity contribution in [3.63, 3.8) is 0 Å². The highest BCUT2D eigenvalue weighted by Gasteiger charge is 2.18. The largest absolute Gasteiger partial charge is 0.497 e. The van der Waals surface area contributed by atoms with Gasteiger partial charge in [0.25, 0.3) is 0 Å². The first-order valence-electron chi connectivity index (χ1n) is 9.69. The molecule has 154 valence electrons. The summed E-state index contributed by atoms with van der Waals surface area (Å²) in [7, 11) is 1.62. The second-order valence-electron chi connectivity index (χ2n) is 6.93. The van der Waals surface area contributed by atoms with Crippen LogP contribution in [0.25, 0.3) is 38.5 Å². The molecule has 3 aromatic carbocycles. The maximum absolute atomic E-state index is 12.3. The van der Waals surface area contributed by atoms with Gasteiger partial charge in [0.05, 0.1) is 41.5 Å². The van der Waals surface area contributed by atoms with Crippen molar-refractivity contribution < 1.29 is 14.3 Å². The molecule has 5 rings (SSSR count). The van der Waals surface area contributed by atoms with Gasteiger partial charge in [0.15, 0.2) is 0 Å². The van der Waals surface area contributed by atoms with E-state index in [0.29, 0.717) is 34.0 Å². The minimum atomic E-state index is -0.394. The molecule has 0 aliphatic carbocycles. The first-order valence-corrected chi connectivity index (χ1v) is 10.1. The number of carbonyl (C=O) groups excluding carboxylic acids is 1. The zero-order chi connectivity index (χ0) is 21.5. The Morgan fingerprint density at radius 1 is 1.00 bits per heavy atom. The maximum Gasteiger partial charge on any atom is 0.338 e. The average molecular weight is 433 g/mol. The second-order valence-corrected chi connectivity index (χ2v) is 7.37. The molecule has 8 heteroatoms. The van der Waals surface area contributed by atoms with Gasteiger partial charge in [-0.2, -0.15) is 0 Å². The van der Waals surface area contributed by atoms with Crippen LogP contribution in [-0.2, 0) is 4.74 Å². The van der Waals surface area contributed by atoms with E-state index in [1.165, 1.54) is 0 Å². The van der Waals surface area contributed by atoms with Gasteiger partial charge in [-0.15, -0.1) is 5.10 Å². The molecule has 0 radical (unpaired) electrons. The molecule has 5 aromatic rings. The van der Waals surface area contributed by atoms with Crippen LogP contribution in [0.2, 0.25) is 5.02 Å². The van der Waals surface area contributed by atoms with Crippen LogP contribution in [0.1, 0.15) is 17.3 Å². The van der Waals surface area contributed by atoms with E-state index in [-0.39, 0.29) is 0 Å². The van der Waals surface area contributed by atoms with Crippen LogP contribution in [0, 0.1) is 0 Å². The zero-order valence-electron chi connectivity index (χ0n) is 16.8. The summed E-state index contributed by atoms with van der Waals surface area (Å²) in [5, 5.41) is 10.9. The van der Waals surface area contributed by atoms with Gasteiger partial charge < -0.3 is 9.47 Å². The Labute approximate surface area is 182 Å². The summed E-state index contributed by atoms with van der Waals surface area (Å²) in [5.41, 5.74) is 4.03. The Hall–Kier alpha value is -3.71. The standard InChI is InChI=1S/C23H17ClN4O3/c1-3-31-23(29)13-4-8-19-21(10-13)28(27-26-19)22-16-7-6-15(30-2)12-20(16)25-18-9-5-14(24)11-17(18)22/h4-12H,3H2,1-2H3. The molecule has 0 N–H and O–H groups in total. The molecular weight excluding hydrogens is 416 g/mol. The summed E-state index contributed by atoms with van der Waals surface area (Å²) < 4.78 is 12.2. The normalized spacial score (nSPS) is 11.3. The Morgan fingerprint density at radius 3 is 2.65 bits per heavy atom. The SMILES string of the molecule is CCOC(=O)c1ccc2nnn(-c3c4ccc(OC)cc4nc4ccc(Cl)cc34)c2c1. The molecule has 31 heavy (non-hydrogen) atoms. The molecule has 0 fully saturated rings. The van der Waals surface area contributed by atoms with Gasteiger partial charge in [0.2, 0.25) is 0 Å². The highest BCUT2D eigenvalue weighted by molar-refractivity contribution is 6.31. The number of nitrogens with zero attached hydrogens (tertiary/aromatic N) is 4. The van der Waals surface area contributed by atoms with E-state index < -0.39 is 5.97 Å². The predicted molar refractivity (Wildman–Crippen MR) is 119 cm³/mol. The van der Waals surface area contributed by atoms with Gasteiger partial charge in [0, 0.05) is 21.9 Å².